The Bertz CT molecular complexity index is 344. The minimum atomic E-state index is -5.17. The molecule has 0 saturated carbocycles. The molecule has 0 radical (unpaired) electrons. The van der Waals surface area contributed by atoms with E-state index in [2.05, 4.69) is 0 Å². The van der Waals surface area contributed by atoms with Gasteiger partial charge in [-0.05, 0) is 0 Å². The van der Waals surface area contributed by atoms with Crippen LogP contribution < -0.4 is 0 Å². The van der Waals surface area contributed by atoms with Crippen LogP contribution in [0.1, 0.15) is 0 Å². The molecule has 168 valence electrons. The van der Waals surface area contributed by atoms with Gasteiger partial charge in [0.05, 0.1) is 0 Å². The van der Waals surface area contributed by atoms with Crippen molar-refractivity contribution in [2.24, 2.45) is 0 Å². The van der Waals surface area contributed by atoms with Crippen LogP contribution in [0.25, 0.3) is 0 Å². The monoisotopic (exact) mass is 504 g/mol. The zero-order valence-electron chi connectivity index (χ0n) is 11.8. The molecule has 0 aliphatic carbocycles. The number of rotatable bonds is 0. The van der Waals surface area contributed by atoms with E-state index in [4.69, 9.17) is 52.6 Å². The van der Waals surface area contributed by atoms with E-state index in [9.17, 15) is 0 Å². The van der Waals surface area contributed by atoms with Crippen LogP contribution in [-0.4, -0.2) is 137 Å². The van der Waals surface area contributed by atoms with Crippen molar-refractivity contribution in [3.8, 4) is 0 Å². The van der Waals surface area contributed by atoms with E-state index in [1.807, 2.05) is 0 Å². The van der Waals surface area contributed by atoms with E-state index in [1.165, 1.54) is 0 Å². The third-order valence-electron chi connectivity index (χ3n) is 0. The van der Waals surface area contributed by atoms with Gasteiger partial charge in [0.1, 0.15) is 0 Å². The van der Waals surface area contributed by atoms with E-state index >= 15 is 0 Å². The first-order chi connectivity index (χ1) is 6.00. The summed E-state index contributed by atoms with van der Waals surface area (Å²) in [6, 6.07) is 0. The summed E-state index contributed by atoms with van der Waals surface area (Å²) >= 11 is 0. The molecule has 0 rings (SSSR count). The van der Waals surface area contributed by atoms with Crippen molar-refractivity contribution in [3.05, 3.63) is 0 Å². The average Bonchev–Trinajstić information content (AvgIpc) is 1.41. The second-order valence-corrected chi connectivity index (χ2v) is 3.67. The van der Waals surface area contributed by atoms with E-state index in [0.29, 0.717) is 0 Å². The third-order valence-corrected chi connectivity index (χ3v) is 0. The molecule has 0 heterocycles. The van der Waals surface area contributed by atoms with Gasteiger partial charge in [0, 0.05) is 31.2 Å². The molecule has 0 aromatic rings. The second kappa shape index (κ2) is 44.6. The third kappa shape index (κ3) is 133000. The largest absolute Gasteiger partial charge is 3.00 e. The van der Waals surface area contributed by atoms with Crippen molar-refractivity contribution in [1.29, 1.82) is 0 Å². The molecule has 21 nitrogen and oxygen atoms in total. The molecule has 0 aromatic heterocycles. The van der Waals surface area contributed by atoms with Gasteiger partial charge in [-0.2, -0.15) is 0 Å². The van der Waals surface area contributed by atoms with Crippen molar-refractivity contribution < 1.29 is 102 Å². The number of hydrogen-bond acceptors (Lipinski definition) is 12. The molecule has 0 atom stereocenters. The van der Waals surface area contributed by atoms with Crippen LogP contribution in [0.3, 0.4) is 0 Å². The summed E-state index contributed by atoms with van der Waals surface area (Å²) in [6.07, 6.45) is 0. The zero-order chi connectivity index (χ0) is 13.5. The summed E-state index contributed by atoms with van der Waals surface area (Å²) in [6.45, 7) is 0. The summed E-state index contributed by atoms with van der Waals surface area (Å²) in [7, 11) is -15.5. The summed E-state index contributed by atoms with van der Waals surface area (Å²) in [5.41, 5.74) is 0. The van der Waals surface area contributed by atoms with Crippen LogP contribution in [0.2, 0.25) is 0 Å². The maximum Gasteiger partial charge on any atom is 3.00 e. The first-order valence-electron chi connectivity index (χ1n) is 2.00. The SMILES string of the molecule is O.O.O.O.O.O.O.O.O.O=S(=O)([O-])[O-].O=S(=O)([O-])[O-].O=S(=O)([O-])[O-].[Al+3].[Al+3]. The van der Waals surface area contributed by atoms with E-state index < -0.39 is 31.2 Å². The summed E-state index contributed by atoms with van der Waals surface area (Å²) in [5, 5.41) is 0. The molecule has 0 bridgehead atoms. The Morgan fingerprint density at radius 2 is 0.308 bits per heavy atom. The zero-order valence-corrected chi connectivity index (χ0v) is 16.5. The standard InChI is InChI=1S/2Al.3H2O4S.9H2O/c;;3*1-5(2,3)4;;;;;;;;;/h;;3*(H2,1,2,3,4);9*1H2/q2*+3;;;;;;;;;;;;/p-6. The van der Waals surface area contributed by atoms with Gasteiger partial charge < -0.3 is 76.6 Å². The average molecular weight is 504 g/mol. The van der Waals surface area contributed by atoms with Gasteiger partial charge in [0.25, 0.3) is 0 Å². The van der Waals surface area contributed by atoms with E-state index in [1.54, 1.807) is 0 Å². The van der Waals surface area contributed by atoms with Crippen LogP contribution >= 0.6 is 0 Å². The fourth-order valence-electron chi connectivity index (χ4n) is 0. The molecule has 18 N–H and O–H groups in total. The number of hydrogen-bond donors (Lipinski definition) is 0. The Balaban J connectivity index is -0.00000000571. The Hall–Kier alpha value is 0.315. The van der Waals surface area contributed by atoms with Crippen molar-refractivity contribution in [2.45, 2.75) is 0 Å². The minimum absolute atomic E-state index is 0. The normalized spacial score (nSPS) is 6.69. The van der Waals surface area contributed by atoms with Gasteiger partial charge in [-0.15, -0.1) is 0 Å². The van der Waals surface area contributed by atoms with Gasteiger partial charge in [-0.25, -0.2) is 0 Å². The summed E-state index contributed by atoms with van der Waals surface area (Å²) in [4.78, 5) is 0. The molecule has 0 aromatic carbocycles. The maximum absolute atomic E-state index is 8.52. The van der Waals surface area contributed by atoms with Gasteiger partial charge in [0.2, 0.25) is 0 Å². The first-order valence-corrected chi connectivity index (χ1v) is 6.00. The van der Waals surface area contributed by atoms with Crippen molar-refractivity contribution in [1.82, 2.24) is 0 Å². The van der Waals surface area contributed by atoms with E-state index in [0.717, 1.165) is 0 Å². The molecule has 26 heteroatoms. The molecular weight excluding hydrogens is 486 g/mol. The molecule has 0 aliphatic heterocycles. The summed E-state index contributed by atoms with van der Waals surface area (Å²) < 4.78 is 102. The first kappa shape index (κ1) is 111. The molecule has 26 heavy (non-hydrogen) atoms. The van der Waals surface area contributed by atoms with E-state index in [-0.39, 0.29) is 84.0 Å². The van der Waals surface area contributed by atoms with Crippen molar-refractivity contribution in [2.75, 3.05) is 0 Å². The van der Waals surface area contributed by atoms with Gasteiger partial charge >= 0.3 is 34.7 Å². The van der Waals surface area contributed by atoms with Gasteiger partial charge in [-0.1, -0.05) is 0 Å². The Morgan fingerprint density at radius 1 is 0.308 bits per heavy atom. The van der Waals surface area contributed by atoms with Crippen LogP contribution in [0, 0.1) is 0 Å². The molecule has 0 fully saturated rings. The second-order valence-electron chi connectivity index (χ2n) is 1.22. The van der Waals surface area contributed by atoms with Crippen LogP contribution in [0.15, 0.2) is 0 Å². The van der Waals surface area contributed by atoms with Crippen LogP contribution in [0.5, 0.6) is 0 Å². The molecule has 0 spiro atoms. The Labute approximate surface area is 167 Å². The smallest absolute Gasteiger partial charge is 0.759 e. The Kier molecular flexibility index (Phi) is 191. The van der Waals surface area contributed by atoms with Crippen LogP contribution in [-0.2, 0) is 31.2 Å². The molecule has 0 amide bonds. The quantitative estimate of drug-likeness (QED) is 0.168. The molecule has 0 unspecified atom stereocenters. The molecule has 0 aliphatic rings. The van der Waals surface area contributed by atoms with Gasteiger partial charge in [-0.3, -0.25) is 25.3 Å². The molecule has 0 saturated heterocycles. The predicted molar refractivity (Wildman–Crippen MR) is 75.5 cm³/mol. The van der Waals surface area contributed by atoms with Crippen molar-refractivity contribution >= 4 is 65.9 Å². The van der Waals surface area contributed by atoms with Gasteiger partial charge in [0.15, 0.2) is 0 Å². The Morgan fingerprint density at radius 3 is 0.308 bits per heavy atom. The van der Waals surface area contributed by atoms with Crippen molar-refractivity contribution in [3.63, 3.8) is 0 Å². The minimum Gasteiger partial charge on any atom is -0.759 e. The fourth-order valence-corrected chi connectivity index (χ4v) is 0. The van der Waals surface area contributed by atoms with Crippen LogP contribution in [0.4, 0.5) is 0 Å². The predicted octanol–water partition coefficient (Wildman–Crippen LogP) is -12.2. The fraction of sp³-hybridized carbons (Fsp3) is 0. The molecular formula is H18Al2O21S3. The maximum atomic E-state index is 8.52. The topological polar surface area (TPSA) is 524 Å². The summed E-state index contributed by atoms with van der Waals surface area (Å²) in [5.74, 6) is 0.